The second-order valence-corrected chi connectivity index (χ2v) is 6.13. The molecule has 2 aromatic rings. The SMILES string of the molecule is O=C1[C@H]2C(c3cccnc3)=NO[C@@H]2C(=O)N1c1ccc(Br)cc1. The topological polar surface area (TPSA) is 71.9 Å². The van der Waals surface area contributed by atoms with E-state index < -0.39 is 17.9 Å². The number of benzene rings is 1. The summed E-state index contributed by atoms with van der Waals surface area (Å²) in [5.41, 5.74) is 1.65. The zero-order chi connectivity index (χ0) is 16.0. The fourth-order valence-corrected chi connectivity index (χ4v) is 3.04. The standard InChI is InChI=1S/C16H10BrN3O3/c17-10-3-5-11(6-4-10)20-15(21)12-13(9-2-1-7-18-8-9)19-23-14(12)16(20)22/h1-8,12,14H/t12-,14-/m0/s1. The molecule has 0 aliphatic carbocycles. The summed E-state index contributed by atoms with van der Waals surface area (Å²) in [6.07, 6.45) is 2.33. The molecule has 1 fully saturated rings. The van der Waals surface area contributed by atoms with Gasteiger partial charge in [-0.1, -0.05) is 21.1 Å². The highest BCUT2D eigenvalue weighted by Crippen LogP contribution is 2.35. The van der Waals surface area contributed by atoms with E-state index in [-0.39, 0.29) is 5.91 Å². The molecule has 2 amide bonds. The van der Waals surface area contributed by atoms with Gasteiger partial charge >= 0.3 is 0 Å². The van der Waals surface area contributed by atoms with Crippen LogP contribution in [0.2, 0.25) is 0 Å². The Morgan fingerprint density at radius 1 is 1.09 bits per heavy atom. The normalized spacial score (nSPS) is 22.8. The van der Waals surface area contributed by atoms with Crippen molar-refractivity contribution in [3.05, 3.63) is 58.8 Å². The van der Waals surface area contributed by atoms with Crippen LogP contribution in [-0.4, -0.2) is 28.6 Å². The largest absolute Gasteiger partial charge is 0.381 e. The molecule has 0 spiro atoms. The summed E-state index contributed by atoms with van der Waals surface area (Å²) in [6.45, 7) is 0. The van der Waals surface area contributed by atoms with Crippen LogP contribution in [0.3, 0.4) is 0 Å². The molecular formula is C16H10BrN3O3. The van der Waals surface area contributed by atoms with Crippen LogP contribution >= 0.6 is 15.9 Å². The summed E-state index contributed by atoms with van der Waals surface area (Å²) in [7, 11) is 0. The maximum Gasteiger partial charge on any atom is 0.278 e. The lowest BCUT2D eigenvalue weighted by molar-refractivity contribution is -0.126. The lowest BCUT2D eigenvalue weighted by atomic mass is 9.95. The summed E-state index contributed by atoms with van der Waals surface area (Å²) < 4.78 is 0.870. The quantitative estimate of drug-likeness (QED) is 0.758. The molecule has 23 heavy (non-hydrogen) atoms. The minimum atomic E-state index is -0.902. The third kappa shape index (κ3) is 2.16. The molecule has 2 aliphatic heterocycles. The first-order valence-electron chi connectivity index (χ1n) is 6.94. The van der Waals surface area contributed by atoms with Crippen molar-refractivity contribution in [3.8, 4) is 0 Å². The van der Waals surface area contributed by atoms with Gasteiger partial charge in [0.2, 0.25) is 12.0 Å². The number of carbonyl (C=O) groups excluding carboxylic acids is 2. The number of nitrogens with zero attached hydrogens (tertiary/aromatic N) is 3. The van der Waals surface area contributed by atoms with E-state index in [9.17, 15) is 9.59 Å². The molecule has 6 nitrogen and oxygen atoms in total. The van der Waals surface area contributed by atoms with E-state index in [4.69, 9.17) is 4.84 Å². The van der Waals surface area contributed by atoms with Gasteiger partial charge in [0.05, 0.1) is 5.69 Å². The summed E-state index contributed by atoms with van der Waals surface area (Å²) in [6, 6.07) is 10.5. The van der Waals surface area contributed by atoms with Crippen molar-refractivity contribution >= 4 is 39.1 Å². The number of imide groups is 1. The van der Waals surface area contributed by atoms with Crippen LogP contribution < -0.4 is 4.90 Å². The van der Waals surface area contributed by atoms with Crippen LogP contribution in [0.15, 0.2) is 58.4 Å². The Balaban J connectivity index is 1.71. The molecular weight excluding hydrogens is 362 g/mol. The van der Waals surface area contributed by atoms with Crippen molar-refractivity contribution in [2.24, 2.45) is 11.1 Å². The van der Waals surface area contributed by atoms with Crippen molar-refractivity contribution in [3.63, 3.8) is 0 Å². The molecule has 2 aliphatic rings. The number of hydrogen-bond acceptors (Lipinski definition) is 5. The fourth-order valence-electron chi connectivity index (χ4n) is 2.77. The maximum absolute atomic E-state index is 12.8. The smallest absolute Gasteiger partial charge is 0.278 e. The molecule has 1 aromatic heterocycles. The van der Waals surface area contributed by atoms with E-state index in [1.54, 1.807) is 48.8 Å². The molecule has 1 aromatic carbocycles. The number of amides is 2. The molecule has 7 heteroatoms. The Hall–Kier alpha value is -2.54. The van der Waals surface area contributed by atoms with Crippen molar-refractivity contribution < 1.29 is 14.4 Å². The number of carbonyl (C=O) groups is 2. The molecule has 3 heterocycles. The van der Waals surface area contributed by atoms with Crippen molar-refractivity contribution in [2.45, 2.75) is 6.10 Å². The van der Waals surface area contributed by atoms with Gasteiger partial charge in [0.25, 0.3) is 5.91 Å². The molecule has 1 saturated heterocycles. The van der Waals surface area contributed by atoms with E-state index >= 15 is 0 Å². The van der Waals surface area contributed by atoms with Gasteiger partial charge in [0.15, 0.2) is 0 Å². The number of oxime groups is 1. The Kier molecular flexibility index (Phi) is 3.23. The first kappa shape index (κ1) is 14.1. The van der Waals surface area contributed by atoms with Gasteiger partial charge in [-0.05, 0) is 36.4 Å². The fraction of sp³-hybridized carbons (Fsp3) is 0.125. The van der Waals surface area contributed by atoms with Crippen LogP contribution in [0.1, 0.15) is 5.56 Å². The average molecular weight is 372 g/mol. The molecule has 2 atom stereocenters. The average Bonchev–Trinajstić information content (AvgIpc) is 3.11. The van der Waals surface area contributed by atoms with Crippen molar-refractivity contribution in [1.82, 2.24) is 4.98 Å². The van der Waals surface area contributed by atoms with E-state index in [2.05, 4.69) is 26.1 Å². The minimum absolute atomic E-state index is 0.331. The number of hydrogen-bond donors (Lipinski definition) is 0. The van der Waals surface area contributed by atoms with Crippen molar-refractivity contribution in [1.29, 1.82) is 0 Å². The third-order valence-electron chi connectivity index (χ3n) is 3.85. The Bertz CT molecular complexity index is 820. The van der Waals surface area contributed by atoms with Crippen molar-refractivity contribution in [2.75, 3.05) is 4.90 Å². The second-order valence-electron chi connectivity index (χ2n) is 5.21. The molecule has 0 unspecified atom stereocenters. The minimum Gasteiger partial charge on any atom is -0.381 e. The van der Waals surface area contributed by atoms with Crippen LogP contribution in [0, 0.1) is 5.92 Å². The van der Waals surface area contributed by atoms with Gasteiger partial charge in [-0.25, -0.2) is 4.90 Å². The summed E-state index contributed by atoms with van der Waals surface area (Å²) in [4.78, 5) is 35.7. The summed E-state index contributed by atoms with van der Waals surface area (Å²) in [5, 5.41) is 3.93. The lowest BCUT2D eigenvalue weighted by Crippen LogP contribution is -2.33. The molecule has 0 bridgehead atoms. The van der Waals surface area contributed by atoms with E-state index in [0.29, 0.717) is 17.0 Å². The molecule has 4 rings (SSSR count). The van der Waals surface area contributed by atoms with Crippen LogP contribution in [0.25, 0.3) is 0 Å². The second kappa shape index (κ2) is 5.27. The number of rotatable bonds is 2. The molecule has 0 N–H and O–H groups in total. The predicted octanol–water partition coefficient (Wildman–Crippen LogP) is 2.14. The van der Waals surface area contributed by atoms with Gasteiger partial charge < -0.3 is 4.84 Å². The Morgan fingerprint density at radius 2 is 1.87 bits per heavy atom. The first-order valence-corrected chi connectivity index (χ1v) is 7.73. The number of anilines is 1. The van der Waals surface area contributed by atoms with Gasteiger partial charge in [0.1, 0.15) is 11.6 Å². The predicted molar refractivity (Wildman–Crippen MR) is 85.8 cm³/mol. The molecule has 0 radical (unpaired) electrons. The Labute approximate surface area is 139 Å². The van der Waals surface area contributed by atoms with Crippen LogP contribution in [-0.2, 0) is 14.4 Å². The Morgan fingerprint density at radius 3 is 2.57 bits per heavy atom. The monoisotopic (exact) mass is 371 g/mol. The van der Waals surface area contributed by atoms with Gasteiger partial charge in [-0.15, -0.1) is 0 Å². The van der Waals surface area contributed by atoms with Gasteiger partial charge in [-0.2, -0.15) is 0 Å². The van der Waals surface area contributed by atoms with E-state index in [0.717, 1.165) is 9.37 Å². The summed E-state index contributed by atoms with van der Waals surface area (Å²) in [5.74, 6) is -1.46. The maximum atomic E-state index is 12.8. The molecule has 0 saturated carbocycles. The number of fused-ring (bicyclic) bond motifs is 1. The van der Waals surface area contributed by atoms with E-state index in [1.807, 2.05) is 0 Å². The highest BCUT2D eigenvalue weighted by Gasteiger charge is 2.56. The first-order chi connectivity index (χ1) is 11.2. The van der Waals surface area contributed by atoms with Crippen LogP contribution in [0.4, 0.5) is 5.69 Å². The lowest BCUT2D eigenvalue weighted by Gasteiger charge is -2.15. The zero-order valence-corrected chi connectivity index (χ0v) is 13.3. The zero-order valence-electron chi connectivity index (χ0n) is 11.7. The molecule has 114 valence electrons. The van der Waals surface area contributed by atoms with Gasteiger partial charge in [-0.3, -0.25) is 14.6 Å². The summed E-state index contributed by atoms with van der Waals surface area (Å²) >= 11 is 3.33. The number of halogens is 1. The van der Waals surface area contributed by atoms with E-state index in [1.165, 1.54) is 0 Å². The number of aromatic nitrogens is 1. The number of pyridine rings is 1. The third-order valence-corrected chi connectivity index (χ3v) is 4.38. The highest BCUT2D eigenvalue weighted by atomic mass is 79.9. The van der Waals surface area contributed by atoms with Gasteiger partial charge in [0, 0.05) is 22.4 Å². The van der Waals surface area contributed by atoms with Crippen LogP contribution in [0.5, 0.6) is 0 Å². The highest BCUT2D eigenvalue weighted by molar-refractivity contribution is 9.10.